The Bertz CT molecular complexity index is 703. The topological polar surface area (TPSA) is 150 Å². The van der Waals surface area contributed by atoms with Gasteiger partial charge in [0.2, 0.25) is 5.91 Å². The van der Waals surface area contributed by atoms with Gasteiger partial charge < -0.3 is 31.2 Å². The second-order valence-electron chi connectivity index (χ2n) is 7.60. The van der Waals surface area contributed by atoms with E-state index in [4.69, 9.17) is 5.11 Å². The summed E-state index contributed by atoms with van der Waals surface area (Å²) in [6.07, 6.45) is 2.11. The molecule has 5 N–H and O–H groups in total. The van der Waals surface area contributed by atoms with E-state index in [0.29, 0.717) is 35.8 Å². The Morgan fingerprint density at radius 3 is 2.48 bits per heavy atom. The van der Waals surface area contributed by atoms with E-state index in [1.165, 1.54) is 17.5 Å². The van der Waals surface area contributed by atoms with Gasteiger partial charge in [-0.1, -0.05) is 32.1 Å². The summed E-state index contributed by atoms with van der Waals surface area (Å²) >= 11 is 1.26. The van der Waals surface area contributed by atoms with Crippen molar-refractivity contribution in [2.45, 2.75) is 52.2 Å². The van der Waals surface area contributed by atoms with Gasteiger partial charge in [-0.05, 0) is 18.8 Å². The lowest BCUT2D eigenvalue weighted by Gasteiger charge is -2.37. The van der Waals surface area contributed by atoms with Crippen LogP contribution in [0.25, 0.3) is 0 Å². The maximum Gasteiger partial charge on any atom is 0.405 e. The van der Waals surface area contributed by atoms with Crippen molar-refractivity contribution in [3.8, 4) is 0 Å². The average molecular weight is 428 g/mol. The van der Waals surface area contributed by atoms with Crippen molar-refractivity contribution in [3.05, 3.63) is 11.1 Å². The summed E-state index contributed by atoms with van der Waals surface area (Å²) in [7, 11) is 0. The number of hydrogen-bond donors (Lipinski definition) is 5. The number of carbonyl (C=O) groups excluding carboxylic acids is 3. The van der Waals surface area contributed by atoms with Gasteiger partial charge in [0.25, 0.3) is 0 Å². The summed E-state index contributed by atoms with van der Waals surface area (Å²) in [4.78, 5) is 49.9. The van der Waals surface area contributed by atoms with Crippen molar-refractivity contribution in [2.75, 3.05) is 18.4 Å². The van der Waals surface area contributed by atoms with Gasteiger partial charge in [0, 0.05) is 19.1 Å². The van der Waals surface area contributed by atoms with Crippen molar-refractivity contribution in [2.24, 2.45) is 5.41 Å². The van der Waals surface area contributed by atoms with E-state index < -0.39 is 29.6 Å². The van der Waals surface area contributed by atoms with E-state index in [-0.39, 0.29) is 5.91 Å². The molecule has 11 heteroatoms. The number of aromatic nitrogens is 1. The first-order chi connectivity index (χ1) is 13.6. The normalized spacial score (nSPS) is 14.3. The minimum absolute atomic E-state index is 0.253. The zero-order valence-electron chi connectivity index (χ0n) is 17.0. The molecular weight excluding hydrogens is 398 g/mol. The Labute approximate surface area is 173 Å². The molecule has 0 spiro atoms. The average Bonchev–Trinajstić information content (AvgIpc) is 3.10. The number of aldehydes is 2. The summed E-state index contributed by atoms with van der Waals surface area (Å²) in [5, 5.41) is 20.7. The Kier molecular flexibility index (Phi) is 9.69. The molecule has 1 unspecified atom stereocenters. The highest BCUT2D eigenvalue weighted by molar-refractivity contribution is 7.17. The number of nitrogens with zero attached hydrogens (tertiary/aromatic N) is 1. The fourth-order valence-electron chi connectivity index (χ4n) is 2.65. The van der Waals surface area contributed by atoms with Gasteiger partial charge in [0.15, 0.2) is 11.4 Å². The molecule has 1 aromatic heterocycles. The highest BCUT2D eigenvalue weighted by Gasteiger charge is 2.35. The number of nitrogens with one attached hydrogen (secondary N) is 4. The van der Waals surface area contributed by atoms with E-state index in [0.717, 1.165) is 6.29 Å². The second kappa shape index (κ2) is 11.5. The van der Waals surface area contributed by atoms with Crippen LogP contribution in [0.1, 0.15) is 43.8 Å². The number of carbonyl (C=O) groups is 4. The SMILES string of the molecule is C[C@H](N[C@@H](C(C=O)NC(=O)O)C(C)(C)C)C(=O)NCCCNc1ncc(C=O)s1. The van der Waals surface area contributed by atoms with E-state index in [9.17, 15) is 19.2 Å². The summed E-state index contributed by atoms with van der Waals surface area (Å²) in [6.45, 7) is 8.23. The van der Waals surface area contributed by atoms with Crippen LogP contribution in [-0.4, -0.2) is 65.9 Å². The van der Waals surface area contributed by atoms with Crippen molar-refractivity contribution >= 4 is 41.0 Å². The molecule has 0 aliphatic carbocycles. The number of hydrogen-bond acceptors (Lipinski definition) is 8. The maximum absolute atomic E-state index is 12.3. The molecule has 162 valence electrons. The predicted molar refractivity (Wildman–Crippen MR) is 110 cm³/mol. The lowest BCUT2D eigenvalue weighted by Crippen LogP contribution is -2.60. The van der Waals surface area contributed by atoms with Gasteiger partial charge in [0.05, 0.1) is 17.1 Å². The summed E-state index contributed by atoms with van der Waals surface area (Å²) in [5.74, 6) is -0.253. The molecule has 0 saturated heterocycles. The zero-order chi connectivity index (χ0) is 22.0. The molecule has 29 heavy (non-hydrogen) atoms. The molecule has 1 rings (SSSR count). The molecule has 0 fully saturated rings. The standard InChI is InChI=1S/C18H29N5O5S/c1-11(22-14(18(2,3)4)13(10-25)23-17(27)28)15(26)19-6-5-7-20-16-21-8-12(9-24)29-16/h8-11,13-14,22-23H,5-7H2,1-4H3,(H,19,26)(H,20,21)(H,27,28)/t11-,13?,14-/m0/s1. The monoisotopic (exact) mass is 427 g/mol. The fourth-order valence-corrected chi connectivity index (χ4v) is 3.30. The zero-order valence-corrected chi connectivity index (χ0v) is 17.8. The van der Waals surface area contributed by atoms with Crippen LogP contribution in [0, 0.1) is 5.41 Å². The second-order valence-corrected chi connectivity index (χ2v) is 8.66. The molecule has 0 aromatic carbocycles. The van der Waals surface area contributed by atoms with E-state index in [2.05, 4.69) is 26.3 Å². The van der Waals surface area contributed by atoms with Crippen molar-refractivity contribution in [1.82, 2.24) is 20.9 Å². The van der Waals surface area contributed by atoms with Gasteiger partial charge in [0.1, 0.15) is 12.3 Å². The number of rotatable bonds is 12. The fraction of sp³-hybridized carbons (Fsp3) is 0.611. The first-order valence-electron chi connectivity index (χ1n) is 9.22. The van der Waals surface area contributed by atoms with Gasteiger partial charge in [-0.3, -0.25) is 9.59 Å². The smallest absolute Gasteiger partial charge is 0.405 e. The van der Waals surface area contributed by atoms with Crippen LogP contribution in [0.4, 0.5) is 9.93 Å². The van der Waals surface area contributed by atoms with E-state index in [1.807, 2.05) is 20.8 Å². The highest BCUT2D eigenvalue weighted by atomic mass is 32.1. The Morgan fingerprint density at radius 2 is 1.97 bits per heavy atom. The van der Waals surface area contributed by atoms with Crippen LogP contribution >= 0.6 is 11.3 Å². The minimum atomic E-state index is -1.30. The molecule has 1 heterocycles. The van der Waals surface area contributed by atoms with Crippen LogP contribution in [0.15, 0.2) is 6.20 Å². The molecule has 3 atom stereocenters. The Balaban J connectivity index is 2.47. The van der Waals surface area contributed by atoms with E-state index >= 15 is 0 Å². The van der Waals surface area contributed by atoms with Crippen LogP contribution in [0.3, 0.4) is 0 Å². The van der Waals surface area contributed by atoms with Crippen molar-refractivity contribution < 1.29 is 24.3 Å². The number of amides is 2. The Hall–Kier alpha value is -2.53. The first kappa shape index (κ1) is 24.5. The number of carboxylic acid groups (broad SMARTS) is 1. The number of thiazole rings is 1. The van der Waals surface area contributed by atoms with Crippen molar-refractivity contribution in [3.63, 3.8) is 0 Å². The third kappa shape index (κ3) is 8.57. The molecule has 1 aromatic rings. The molecule has 0 radical (unpaired) electrons. The summed E-state index contributed by atoms with van der Waals surface area (Å²) in [6, 6.07) is -2.18. The third-order valence-corrected chi connectivity index (χ3v) is 5.00. The van der Waals surface area contributed by atoms with E-state index in [1.54, 1.807) is 6.92 Å². The molecular formula is C18H29N5O5S. The number of anilines is 1. The van der Waals surface area contributed by atoms with Crippen molar-refractivity contribution in [1.29, 1.82) is 0 Å². The largest absolute Gasteiger partial charge is 0.465 e. The molecule has 0 saturated carbocycles. The van der Waals surface area contributed by atoms with Gasteiger partial charge in [-0.15, -0.1) is 0 Å². The van der Waals surface area contributed by atoms with Crippen LogP contribution in [-0.2, 0) is 9.59 Å². The molecule has 2 amide bonds. The van der Waals surface area contributed by atoms with Crippen LogP contribution in [0.5, 0.6) is 0 Å². The van der Waals surface area contributed by atoms with Crippen LogP contribution in [0.2, 0.25) is 0 Å². The summed E-state index contributed by atoms with van der Waals surface area (Å²) in [5.41, 5.74) is -0.472. The molecule has 0 bridgehead atoms. The maximum atomic E-state index is 12.3. The lowest BCUT2D eigenvalue weighted by atomic mass is 9.82. The molecule has 10 nitrogen and oxygen atoms in total. The molecule has 0 aliphatic heterocycles. The molecule has 0 aliphatic rings. The van der Waals surface area contributed by atoms with Gasteiger partial charge in [-0.25, -0.2) is 9.78 Å². The van der Waals surface area contributed by atoms with Crippen LogP contribution < -0.4 is 21.3 Å². The quantitative estimate of drug-likeness (QED) is 0.246. The minimum Gasteiger partial charge on any atom is -0.465 e. The highest BCUT2D eigenvalue weighted by Crippen LogP contribution is 2.22. The van der Waals surface area contributed by atoms with Gasteiger partial charge >= 0.3 is 6.09 Å². The summed E-state index contributed by atoms with van der Waals surface area (Å²) < 4.78 is 0. The van der Waals surface area contributed by atoms with Gasteiger partial charge in [-0.2, -0.15) is 0 Å². The first-order valence-corrected chi connectivity index (χ1v) is 10.0. The lowest BCUT2D eigenvalue weighted by molar-refractivity contribution is -0.123. The Morgan fingerprint density at radius 1 is 1.28 bits per heavy atom. The third-order valence-electron chi connectivity index (χ3n) is 4.12. The predicted octanol–water partition coefficient (Wildman–Crippen LogP) is 1.10.